The van der Waals surface area contributed by atoms with Crippen LogP contribution in [0.2, 0.25) is 0 Å². The molecule has 1 rings (SSSR count). The highest BCUT2D eigenvalue weighted by molar-refractivity contribution is 7.89. The summed E-state index contributed by atoms with van der Waals surface area (Å²) in [5, 5.41) is 0. The molecule has 0 atom stereocenters. The van der Waals surface area contributed by atoms with Crippen molar-refractivity contribution in [2.75, 3.05) is 18.2 Å². The Kier molecular flexibility index (Phi) is 4.67. The average Bonchev–Trinajstić information content (AvgIpc) is 2.57. The van der Waals surface area contributed by atoms with Gasteiger partial charge in [0.05, 0.1) is 5.75 Å². The van der Waals surface area contributed by atoms with E-state index in [4.69, 9.17) is 11.6 Å². The van der Waals surface area contributed by atoms with Crippen molar-refractivity contribution in [3.63, 3.8) is 0 Å². The second-order valence-electron chi connectivity index (χ2n) is 3.65. The number of hydrogen-bond acceptors (Lipinski definition) is 2. The molecule has 0 aliphatic heterocycles. The van der Waals surface area contributed by atoms with Gasteiger partial charge in [0.2, 0.25) is 10.0 Å². The van der Waals surface area contributed by atoms with E-state index in [1.165, 1.54) is 0 Å². The van der Waals surface area contributed by atoms with Crippen molar-refractivity contribution in [1.29, 1.82) is 0 Å². The van der Waals surface area contributed by atoms with Gasteiger partial charge in [0.25, 0.3) is 0 Å². The molecule has 84 valence electrons. The van der Waals surface area contributed by atoms with Crippen LogP contribution in [0.1, 0.15) is 32.6 Å². The molecule has 0 N–H and O–H groups in total. The first-order valence-electron chi connectivity index (χ1n) is 5.17. The molecule has 1 saturated carbocycles. The molecule has 0 aromatic heterocycles. The molecular formula is C9H18ClNO2S. The van der Waals surface area contributed by atoms with Crippen LogP contribution in [-0.4, -0.2) is 36.9 Å². The molecule has 1 aliphatic rings. The summed E-state index contributed by atoms with van der Waals surface area (Å²) in [5.74, 6) is 0.254. The SMILES string of the molecule is CCN(C1CCCC1)S(=O)(=O)CCCl. The second kappa shape index (κ2) is 5.33. The fraction of sp³-hybridized carbons (Fsp3) is 1.00. The Bertz CT molecular complexity index is 260. The summed E-state index contributed by atoms with van der Waals surface area (Å²) in [5.41, 5.74) is 0. The molecule has 0 aromatic carbocycles. The third-order valence-electron chi connectivity index (χ3n) is 2.74. The van der Waals surface area contributed by atoms with Gasteiger partial charge in [0, 0.05) is 18.5 Å². The van der Waals surface area contributed by atoms with Crippen LogP contribution in [0.5, 0.6) is 0 Å². The van der Waals surface area contributed by atoms with Crippen molar-refractivity contribution in [2.45, 2.75) is 38.6 Å². The molecular weight excluding hydrogens is 222 g/mol. The van der Waals surface area contributed by atoms with E-state index in [0.717, 1.165) is 25.7 Å². The summed E-state index contributed by atoms with van der Waals surface area (Å²) in [6, 6.07) is 0.230. The molecule has 1 fully saturated rings. The minimum Gasteiger partial charge on any atom is -0.212 e. The zero-order chi connectivity index (χ0) is 10.6. The molecule has 0 radical (unpaired) electrons. The van der Waals surface area contributed by atoms with Crippen molar-refractivity contribution in [3.8, 4) is 0 Å². The lowest BCUT2D eigenvalue weighted by atomic mass is 10.2. The monoisotopic (exact) mass is 239 g/mol. The normalized spacial score (nSPS) is 19.4. The molecule has 3 nitrogen and oxygen atoms in total. The highest BCUT2D eigenvalue weighted by atomic mass is 35.5. The fourth-order valence-electron chi connectivity index (χ4n) is 2.09. The first kappa shape index (κ1) is 12.3. The molecule has 0 saturated heterocycles. The zero-order valence-electron chi connectivity index (χ0n) is 8.58. The third-order valence-corrected chi connectivity index (χ3v) is 5.14. The molecule has 14 heavy (non-hydrogen) atoms. The maximum atomic E-state index is 11.8. The summed E-state index contributed by atoms with van der Waals surface area (Å²) >= 11 is 5.49. The van der Waals surface area contributed by atoms with Crippen molar-refractivity contribution in [2.24, 2.45) is 0 Å². The number of halogens is 1. The molecule has 0 bridgehead atoms. The van der Waals surface area contributed by atoms with Gasteiger partial charge in [-0.2, -0.15) is 4.31 Å². The van der Waals surface area contributed by atoms with E-state index in [-0.39, 0.29) is 17.7 Å². The van der Waals surface area contributed by atoms with Gasteiger partial charge in [0.15, 0.2) is 0 Å². The molecule has 0 heterocycles. The minimum absolute atomic E-state index is 0.0683. The maximum absolute atomic E-state index is 11.8. The van der Waals surface area contributed by atoms with Crippen LogP contribution < -0.4 is 0 Å². The Labute approximate surface area is 91.5 Å². The smallest absolute Gasteiger partial charge is 0.212 e. The summed E-state index contributed by atoms with van der Waals surface area (Å²) in [6.45, 7) is 2.47. The lowest BCUT2D eigenvalue weighted by Crippen LogP contribution is -2.40. The summed E-state index contributed by atoms with van der Waals surface area (Å²) in [7, 11) is -3.10. The lowest BCUT2D eigenvalue weighted by molar-refractivity contribution is 0.336. The van der Waals surface area contributed by atoms with E-state index < -0.39 is 10.0 Å². The van der Waals surface area contributed by atoms with Gasteiger partial charge >= 0.3 is 0 Å². The summed E-state index contributed by atoms with van der Waals surface area (Å²) in [4.78, 5) is 0. The Morgan fingerprint density at radius 3 is 2.36 bits per heavy atom. The molecule has 1 aliphatic carbocycles. The third kappa shape index (κ3) is 2.84. The zero-order valence-corrected chi connectivity index (χ0v) is 10.1. The van der Waals surface area contributed by atoms with Gasteiger partial charge in [-0.3, -0.25) is 0 Å². The summed E-state index contributed by atoms with van der Waals surface area (Å²) < 4.78 is 25.2. The Balaban J connectivity index is 2.69. The summed E-state index contributed by atoms with van der Waals surface area (Å²) in [6.07, 6.45) is 4.32. The number of hydrogen-bond donors (Lipinski definition) is 0. The first-order chi connectivity index (χ1) is 6.61. The van der Waals surface area contributed by atoms with Crippen molar-refractivity contribution < 1.29 is 8.42 Å². The van der Waals surface area contributed by atoms with Gasteiger partial charge in [0.1, 0.15) is 0 Å². The highest BCUT2D eigenvalue weighted by Crippen LogP contribution is 2.25. The van der Waals surface area contributed by atoms with E-state index in [1.54, 1.807) is 4.31 Å². The van der Waals surface area contributed by atoms with Crippen molar-refractivity contribution >= 4 is 21.6 Å². The van der Waals surface area contributed by atoms with E-state index in [0.29, 0.717) is 6.54 Å². The first-order valence-corrected chi connectivity index (χ1v) is 7.31. The predicted octanol–water partition coefficient (Wildman–Crippen LogP) is 1.82. The number of nitrogens with zero attached hydrogens (tertiary/aromatic N) is 1. The van der Waals surface area contributed by atoms with Crippen LogP contribution in [0.4, 0.5) is 0 Å². The van der Waals surface area contributed by atoms with Gasteiger partial charge in [-0.05, 0) is 12.8 Å². The lowest BCUT2D eigenvalue weighted by Gasteiger charge is -2.26. The van der Waals surface area contributed by atoms with E-state index in [9.17, 15) is 8.42 Å². The van der Waals surface area contributed by atoms with Gasteiger partial charge in [-0.1, -0.05) is 19.8 Å². The number of rotatable bonds is 5. The van der Waals surface area contributed by atoms with Crippen LogP contribution in [0.3, 0.4) is 0 Å². The Morgan fingerprint density at radius 2 is 1.93 bits per heavy atom. The molecule has 0 spiro atoms. The van der Waals surface area contributed by atoms with Crippen LogP contribution in [-0.2, 0) is 10.0 Å². The average molecular weight is 240 g/mol. The van der Waals surface area contributed by atoms with E-state index >= 15 is 0 Å². The Hall–Kier alpha value is 0.200. The largest absolute Gasteiger partial charge is 0.215 e. The van der Waals surface area contributed by atoms with Crippen molar-refractivity contribution in [1.82, 2.24) is 4.31 Å². The minimum atomic E-state index is -3.10. The van der Waals surface area contributed by atoms with E-state index in [1.807, 2.05) is 6.92 Å². The van der Waals surface area contributed by atoms with Crippen LogP contribution >= 0.6 is 11.6 Å². The number of alkyl halides is 1. The molecule has 0 aromatic rings. The van der Waals surface area contributed by atoms with Crippen LogP contribution in [0, 0.1) is 0 Å². The number of sulfonamides is 1. The quantitative estimate of drug-likeness (QED) is 0.687. The topological polar surface area (TPSA) is 37.4 Å². The molecule has 5 heteroatoms. The van der Waals surface area contributed by atoms with Gasteiger partial charge in [-0.15, -0.1) is 11.6 Å². The standard InChI is InChI=1S/C9H18ClNO2S/c1-2-11(9-5-3-4-6-9)14(12,13)8-7-10/h9H,2-8H2,1H3. The van der Waals surface area contributed by atoms with Gasteiger partial charge < -0.3 is 0 Å². The van der Waals surface area contributed by atoms with Crippen LogP contribution in [0.15, 0.2) is 0 Å². The maximum Gasteiger partial charge on any atom is 0.215 e. The molecule has 0 unspecified atom stereocenters. The van der Waals surface area contributed by atoms with Crippen molar-refractivity contribution in [3.05, 3.63) is 0 Å². The van der Waals surface area contributed by atoms with E-state index in [2.05, 4.69) is 0 Å². The predicted molar refractivity (Wildman–Crippen MR) is 59.1 cm³/mol. The second-order valence-corrected chi connectivity index (χ2v) is 6.07. The molecule has 0 amide bonds. The fourth-order valence-corrected chi connectivity index (χ4v) is 4.16. The highest BCUT2D eigenvalue weighted by Gasteiger charge is 2.29. The van der Waals surface area contributed by atoms with Gasteiger partial charge in [-0.25, -0.2) is 8.42 Å². The van der Waals surface area contributed by atoms with Crippen LogP contribution in [0.25, 0.3) is 0 Å². The Morgan fingerprint density at radius 1 is 1.36 bits per heavy atom.